The highest BCUT2D eigenvalue weighted by Crippen LogP contribution is 2.26. The summed E-state index contributed by atoms with van der Waals surface area (Å²) in [5.41, 5.74) is -0.315. The molecule has 4 nitrogen and oxygen atoms in total. The molecule has 0 bridgehead atoms. The van der Waals surface area contributed by atoms with Crippen LogP contribution in [0.3, 0.4) is 0 Å². The van der Waals surface area contributed by atoms with Crippen molar-refractivity contribution in [2.45, 2.75) is 19.4 Å². The van der Waals surface area contributed by atoms with Crippen LogP contribution in [-0.4, -0.2) is 34.6 Å². The van der Waals surface area contributed by atoms with E-state index in [9.17, 15) is 9.90 Å². The number of nitrogens with zero attached hydrogens (tertiary/aromatic N) is 2. The minimum absolute atomic E-state index is 0.664. The Hall–Kier alpha value is -1.42. The van der Waals surface area contributed by atoms with Crippen LogP contribution in [0.15, 0.2) is 24.5 Å². The zero-order valence-corrected chi connectivity index (χ0v) is 9.27. The monoisotopic (exact) mass is 208 g/mol. The molecular formula is C11H16N2O2. The van der Waals surface area contributed by atoms with E-state index in [0.717, 1.165) is 0 Å². The van der Waals surface area contributed by atoms with E-state index in [1.165, 1.54) is 0 Å². The van der Waals surface area contributed by atoms with Crippen molar-refractivity contribution < 1.29 is 9.90 Å². The Morgan fingerprint density at radius 3 is 2.73 bits per heavy atom. The molecule has 1 atom stereocenters. The summed E-state index contributed by atoms with van der Waals surface area (Å²) < 4.78 is 0. The van der Waals surface area contributed by atoms with Gasteiger partial charge < -0.3 is 5.11 Å². The Morgan fingerprint density at radius 2 is 2.33 bits per heavy atom. The first-order valence-electron chi connectivity index (χ1n) is 4.88. The molecule has 0 aliphatic rings. The third-order valence-corrected chi connectivity index (χ3v) is 2.88. The van der Waals surface area contributed by atoms with Crippen molar-refractivity contribution in [3.05, 3.63) is 30.1 Å². The number of aromatic nitrogens is 1. The molecule has 0 saturated carbocycles. The Kier molecular flexibility index (Phi) is 3.42. The van der Waals surface area contributed by atoms with Crippen molar-refractivity contribution >= 4 is 5.97 Å². The minimum atomic E-state index is -1.01. The SMILES string of the molecule is CCN(C)C(C)(C(=O)O)c1cccnc1. The first-order chi connectivity index (χ1) is 7.03. The number of rotatable bonds is 4. The zero-order valence-electron chi connectivity index (χ0n) is 9.27. The standard InChI is InChI=1S/C11H16N2O2/c1-4-13(3)11(2,10(14)15)9-6-5-7-12-8-9/h5-8H,4H2,1-3H3,(H,14,15). The Morgan fingerprint density at radius 1 is 1.67 bits per heavy atom. The average molecular weight is 208 g/mol. The van der Waals surface area contributed by atoms with Gasteiger partial charge in [0.25, 0.3) is 0 Å². The predicted octanol–water partition coefficient (Wildman–Crippen LogP) is 1.33. The van der Waals surface area contributed by atoms with E-state index in [4.69, 9.17) is 0 Å². The maximum Gasteiger partial charge on any atom is 0.328 e. The van der Waals surface area contributed by atoms with E-state index in [2.05, 4.69) is 4.98 Å². The highest BCUT2D eigenvalue weighted by Gasteiger charge is 2.38. The largest absolute Gasteiger partial charge is 0.480 e. The lowest BCUT2D eigenvalue weighted by molar-refractivity contribution is -0.150. The smallest absolute Gasteiger partial charge is 0.328 e. The fourth-order valence-electron chi connectivity index (χ4n) is 1.47. The Balaban J connectivity index is 3.19. The molecule has 0 amide bonds. The highest BCUT2D eigenvalue weighted by molar-refractivity contribution is 5.80. The number of aliphatic carboxylic acids is 1. The van der Waals surface area contributed by atoms with E-state index >= 15 is 0 Å². The molecular weight excluding hydrogens is 192 g/mol. The molecule has 0 spiro atoms. The van der Waals surface area contributed by atoms with Crippen LogP contribution in [0.1, 0.15) is 19.4 Å². The summed E-state index contributed by atoms with van der Waals surface area (Å²) in [5.74, 6) is -0.861. The Labute approximate surface area is 89.6 Å². The predicted molar refractivity (Wildman–Crippen MR) is 57.5 cm³/mol. The van der Waals surface area contributed by atoms with Crippen LogP contribution in [0.25, 0.3) is 0 Å². The zero-order chi connectivity index (χ0) is 11.5. The van der Waals surface area contributed by atoms with Crippen molar-refractivity contribution in [1.29, 1.82) is 0 Å². The Bertz CT molecular complexity index is 340. The van der Waals surface area contributed by atoms with Crippen LogP contribution in [0.2, 0.25) is 0 Å². The van der Waals surface area contributed by atoms with Gasteiger partial charge in [-0.2, -0.15) is 0 Å². The van der Waals surface area contributed by atoms with Crippen molar-refractivity contribution in [3.63, 3.8) is 0 Å². The van der Waals surface area contributed by atoms with Crippen LogP contribution in [0.4, 0.5) is 0 Å². The van der Waals surface area contributed by atoms with Crippen LogP contribution in [0.5, 0.6) is 0 Å². The molecule has 1 rings (SSSR count). The van der Waals surface area contributed by atoms with Gasteiger partial charge in [0.05, 0.1) is 0 Å². The average Bonchev–Trinajstić information content (AvgIpc) is 2.27. The molecule has 1 N–H and O–H groups in total. The van der Waals surface area contributed by atoms with Gasteiger partial charge in [-0.3, -0.25) is 9.88 Å². The molecule has 1 unspecified atom stereocenters. The summed E-state index contributed by atoms with van der Waals surface area (Å²) in [6.45, 7) is 4.28. The van der Waals surface area contributed by atoms with Crippen LogP contribution in [0, 0.1) is 0 Å². The molecule has 0 aliphatic carbocycles. The molecule has 0 aromatic carbocycles. The maximum atomic E-state index is 11.4. The third kappa shape index (κ3) is 1.99. The summed E-state index contributed by atoms with van der Waals surface area (Å²) in [6.07, 6.45) is 3.23. The molecule has 0 fully saturated rings. The van der Waals surface area contributed by atoms with Crippen molar-refractivity contribution in [2.75, 3.05) is 13.6 Å². The van der Waals surface area contributed by atoms with E-state index in [0.29, 0.717) is 12.1 Å². The number of likely N-dealkylation sites (N-methyl/N-ethyl adjacent to an activating group) is 1. The fraction of sp³-hybridized carbons (Fsp3) is 0.455. The van der Waals surface area contributed by atoms with Gasteiger partial charge in [-0.1, -0.05) is 13.0 Å². The molecule has 1 aromatic heterocycles. The topological polar surface area (TPSA) is 53.4 Å². The van der Waals surface area contributed by atoms with Gasteiger partial charge in [-0.25, -0.2) is 4.79 Å². The van der Waals surface area contributed by atoms with Gasteiger partial charge in [-0.15, -0.1) is 0 Å². The molecule has 0 radical (unpaired) electrons. The number of carboxylic acid groups (broad SMARTS) is 1. The highest BCUT2D eigenvalue weighted by atomic mass is 16.4. The van der Waals surface area contributed by atoms with Crippen molar-refractivity contribution in [3.8, 4) is 0 Å². The van der Waals surface area contributed by atoms with E-state index in [1.807, 2.05) is 6.92 Å². The van der Waals surface area contributed by atoms with Gasteiger partial charge in [0.2, 0.25) is 0 Å². The molecule has 82 valence electrons. The van der Waals surface area contributed by atoms with Gasteiger partial charge in [0, 0.05) is 18.0 Å². The van der Waals surface area contributed by atoms with Gasteiger partial charge in [0.1, 0.15) is 5.54 Å². The maximum absolute atomic E-state index is 11.4. The number of hydrogen-bond acceptors (Lipinski definition) is 3. The van der Waals surface area contributed by atoms with Gasteiger partial charge >= 0.3 is 5.97 Å². The number of hydrogen-bond donors (Lipinski definition) is 1. The van der Waals surface area contributed by atoms with Crippen molar-refractivity contribution in [2.24, 2.45) is 0 Å². The number of carbonyl (C=O) groups is 1. The molecule has 1 aromatic rings. The second-order valence-corrected chi connectivity index (χ2v) is 3.63. The lowest BCUT2D eigenvalue weighted by Gasteiger charge is -2.34. The van der Waals surface area contributed by atoms with E-state index in [1.54, 1.807) is 43.4 Å². The van der Waals surface area contributed by atoms with Crippen molar-refractivity contribution in [1.82, 2.24) is 9.88 Å². The summed E-state index contributed by atoms with van der Waals surface area (Å²) >= 11 is 0. The third-order valence-electron chi connectivity index (χ3n) is 2.88. The summed E-state index contributed by atoms with van der Waals surface area (Å²) in [6, 6.07) is 3.54. The number of carboxylic acids is 1. The normalized spacial score (nSPS) is 14.9. The van der Waals surface area contributed by atoms with Crippen LogP contribution in [-0.2, 0) is 10.3 Å². The lowest BCUT2D eigenvalue weighted by atomic mass is 9.92. The molecule has 15 heavy (non-hydrogen) atoms. The number of pyridine rings is 1. The fourth-order valence-corrected chi connectivity index (χ4v) is 1.47. The van der Waals surface area contributed by atoms with Crippen LogP contribution >= 0.6 is 0 Å². The molecule has 4 heteroatoms. The van der Waals surface area contributed by atoms with E-state index in [-0.39, 0.29) is 0 Å². The lowest BCUT2D eigenvalue weighted by Crippen LogP contribution is -2.47. The van der Waals surface area contributed by atoms with Gasteiger partial charge in [-0.05, 0) is 26.6 Å². The summed E-state index contributed by atoms with van der Waals surface area (Å²) in [7, 11) is 1.79. The summed E-state index contributed by atoms with van der Waals surface area (Å²) in [5, 5.41) is 9.32. The minimum Gasteiger partial charge on any atom is -0.480 e. The van der Waals surface area contributed by atoms with Gasteiger partial charge in [0.15, 0.2) is 0 Å². The second kappa shape index (κ2) is 4.40. The van der Waals surface area contributed by atoms with E-state index < -0.39 is 11.5 Å². The quantitative estimate of drug-likeness (QED) is 0.811. The second-order valence-electron chi connectivity index (χ2n) is 3.63. The van der Waals surface area contributed by atoms with Crippen LogP contribution < -0.4 is 0 Å². The molecule has 0 saturated heterocycles. The summed E-state index contributed by atoms with van der Waals surface area (Å²) in [4.78, 5) is 17.1. The first-order valence-corrected chi connectivity index (χ1v) is 4.88. The molecule has 1 heterocycles. The first kappa shape index (κ1) is 11.7. The molecule has 0 aliphatic heterocycles.